The van der Waals surface area contributed by atoms with Crippen molar-refractivity contribution in [2.24, 2.45) is 0 Å². The molecule has 0 spiro atoms. The summed E-state index contributed by atoms with van der Waals surface area (Å²) in [7, 11) is 0.632. The van der Waals surface area contributed by atoms with Gasteiger partial charge >= 0.3 is 0 Å². The molecule has 9 heavy (non-hydrogen) atoms. The van der Waals surface area contributed by atoms with Crippen LogP contribution in [0.5, 0.6) is 0 Å². The van der Waals surface area contributed by atoms with Crippen molar-refractivity contribution in [3.63, 3.8) is 0 Å². The van der Waals surface area contributed by atoms with Crippen molar-refractivity contribution >= 4 is 26.8 Å². The highest BCUT2D eigenvalue weighted by atomic mass is 79.9. The van der Waals surface area contributed by atoms with Crippen LogP contribution in [0, 0.1) is 0 Å². The predicted molar refractivity (Wildman–Crippen MR) is 49.6 cm³/mol. The Morgan fingerprint density at radius 2 is 2.00 bits per heavy atom. The lowest BCUT2D eigenvalue weighted by Gasteiger charge is -2.08. The average Bonchev–Trinajstić information content (AvgIpc) is 2.13. The van der Waals surface area contributed by atoms with E-state index >= 15 is 0 Å². The van der Waals surface area contributed by atoms with Crippen LogP contribution in [-0.4, -0.2) is 22.6 Å². The van der Waals surface area contributed by atoms with E-state index in [-0.39, 0.29) is 0 Å². The van der Waals surface area contributed by atoms with Gasteiger partial charge in [-0.1, -0.05) is 15.9 Å². The Bertz CT molecular complexity index is 92.9. The number of halogens is 1. The molecule has 2 unspecified atom stereocenters. The van der Waals surface area contributed by atoms with E-state index in [2.05, 4.69) is 28.4 Å². The normalized spacial score (nSPS) is 36.0. The molecule has 1 saturated carbocycles. The first-order valence-corrected chi connectivity index (χ1v) is 6.44. The quantitative estimate of drug-likeness (QED) is 0.459. The smallest absolute Gasteiger partial charge is 0.0836 e. The van der Waals surface area contributed by atoms with Gasteiger partial charge in [-0.05, 0) is 30.2 Å². The zero-order valence-electron chi connectivity index (χ0n) is 6.06. The Balaban J connectivity index is 2.40. The second-order valence-electron chi connectivity index (χ2n) is 2.87. The molecule has 0 N–H and O–H groups in total. The van der Waals surface area contributed by atoms with E-state index in [1.807, 2.05) is 0 Å². The molecular weight excluding hydrogens is 196 g/mol. The summed E-state index contributed by atoms with van der Waals surface area (Å²) >= 11 is 3.71. The molecule has 2 atom stereocenters. The maximum Gasteiger partial charge on any atom is 0.130 e. The van der Waals surface area contributed by atoms with Gasteiger partial charge in [0.15, 0.2) is 0 Å². The molecule has 0 aromatic carbocycles. The van der Waals surface area contributed by atoms with Crippen molar-refractivity contribution in [1.82, 2.24) is 0 Å². The molecule has 1 aliphatic rings. The first kappa shape index (κ1) is 7.93. The van der Waals surface area contributed by atoms with Crippen molar-refractivity contribution < 1.29 is 0 Å². The Kier molecular flexibility index (Phi) is 2.90. The fourth-order valence-corrected chi connectivity index (χ4v) is 4.66. The lowest BCUT2D eigenvalue weighted by Crippen LogP contribution is -2.23. The summed E-state index contributed by atoms with van der Waals surface area (Å²) in [6.07, 6.45) is 8.99. The van der Waals surface area contributed by atoms with Crippen LogP contribution in [0.4, 0.5) is 0 Å². The summed E-state index contributed by atoms with van der Waals surface area (Å²) in [4.78, 5) is 0.829. The highest BCUT2D eigenvalue weighted by Crippen LogP contribution is 2.30. The molecule has 0 amide bonds. The van der Waals surface area contributed by atoms with Gasteiger partial charge in [-0.2, -0.15) is 0 Å². The first-order chi connectivity index (χ1) is 4.22. The van der Waals surface area contributed by atoms with E-state index in [4.69, 9.17) is 0 Å². The maximum absolute atomic E-state index is 3.71. The Hall–Kier alpha value is 0.830. The SMILES string of the molecule is C[S+](C)C1CCCC1Br. The summed E-state index contributed by atoms with van der Waals surface area (Å²) in [5.74, 6) is 0. The molecule has 54 valence electrons. The molecule has 0 nitrogen and oxygen atoms in total. The summed E-state index contributed by atoms with van der Waals surface area (Å²) in [5, 5.41) is 0.977. The van der Waals surface area contributed by atoms with Gasteiger partial charge in [0.05, 0.1) is 17.3 Å². The third kappa shape index (κ3) is 1.87. The molecule has 0 radical (unpaired) electrons. The molecule has 1 fully saturated rings. The fraction of sp³-hybridized carbons (Fsp3) is 1.00. The Morgan fingerprint density at radius 1 is 1.33 bits per heavy atom. The van der Waals surface area contributed by atoms with Crippen LogP contribution in [0.2, 0.25) is 0 Å². The fourth-order valence-electron chi connectivity index (χ4n) is 1.41. The van der Waals surface area contributed by atoms with E-state index in [9.17, 15) is 0 Å². The van der Waals surface area contributed by atoms with Gasteiger partial charge in [0.25, 0.3) is 0 Å². The second-order valence-corrected chi connectivity index (χ2v) is 6.41. The molecule has 0 aliphatic heterocycles. The summed E-state index contributed by atoms with van der Waals surface area (Å²) in [6, 6.07) is 0. The van der Waals surface area contributed by atoms with Crippen LogP contribution in [0.3, 0.4) is 0 Å². The van der Waals surface area contributed by atoms with Crippen LogP contribution in [0.1, 0.15) is 19.3 Å². The molecule has 0 bridgehead atoms. The molecular formula is C7H14BrS+. The molecule has 0 aromatic rings. The summed E-state index contributed by atoms with van der Waals surface area (Å²) in [6.45, 7) is 0. The zero-order chi connectivity index (χ0) is 6.85. The third-order valence-electron chi connectivity index (χ3n) is 1.98. The van der Waals surface area contributed by atoms with Crippen LogP contribution >= 0.6 is 15.9 Å². The Labute approximate surface area is 68.9 Å². The van der Waals surface area contributed by atoms with Gasteiger partial charge in [0.2, 0.25) is 0 Å². The second kappa shape index (κ2) is 3.29. The molecule has 0 saturated heterocycles. The summed E-state index contributed by atoms with van der Waals surface area (Å²) in [5.41, 5.74) is 0. The molecule has 2 heteroatoms. The highest BCUT2D eigenvalue weighted by molar-refractivity contribution is 9.09. The van der Waals surface area contributed by atoms with E-state index in [0.717, 1.165) is 10.1 Å². The monoisotopic (exact) mass is 209 g/mol. The average molecular weight is 210 g/mol. The largest absolute Gasteiger partial charge is 0.130 e. The molecule has 1 aliphatic carbocycles. The van der Waals surface area contributed by atoms with Crippen molar-refractivity contribution in [3.05, 3.63) is 0 Å². The molecule has 0 heterocycles. The topological polar surface area (TPSA) is 0 Å². The van der Waals surface area contributed by atoms with Crippen LogP contribution in [0.15, 0.2) is 0 Å². The van der Waals surface area contributed by atoms with Crippen molar-refractivity contribution in [1.29, 1.82) is 0 Å². The van der Waals surface area contributed by atoms with Crippen molar-refractivity contribution in [2.75, 3.05) is 12.5 Å². The predicted octanol–water partition coefficient (Wildman–Crippen LogP) is 2.18. The number of rotatable bonds is 1. The number of hydrogen-bond acceptors (Lipinski definition) is 0. The van der Waals surface area contributed by atoms with Gasteiger partial charge < -0.3 is 0 Å². The number of alkyl halides is 1. The molecule has 0 aromatic heterocycles. The van der Waals surface area contributed by atoms with Crippen molar-refractivity contribution in [2.45, 2.75) is 29.3 Å². The van der Waals surface area contributed by atoms with E-state index in [1.165, 1.54) is 19.3 Å². The zero-order valence-corrected chi connectivity index (χ0v) is 8.46. The molecule has 1 rings (SSSR count). The van der Waals surface area contributed by atoms with E-state index in [1.54, 1.807) is 0 Å². The third-order valence-corrected chi connectivity index (χ3v) is 5.20. The first-order valence-electron chi connectivity index (χ1n) is 3.42. The minimum absolute atomic E-state index is 0.632. The highest BCUT2D eigenvalue weighted by Gasteiger charge is 2.33. The van der Waals surface area contributed by atoms with E-state index in [0.29, 0.717) is 10.9 Å². The van der Waals surface area contributed by atoms with Gasteiger partial charge in [-0.25, -0.2) is 0 Å². The summed E-state index contributed by atoms with van der Waals surface area (Å²) < 4.78 is 0. The van der Waals surface area contributed by atoms with Gasteiger partial charge in [-0.15, -0.1) is 0 Å². The van der Waals surface area contributed by atoms with Crippen molar-refractivity contribution in [3.8, 4) is 0 Å². The Morgan fingerprint density at radius 3 is 2.22 bits per heavy atom. The van der Waals surface area contributed by atoms with Crippen LogP contribution in [-0.2, 0) is 10.9 Å². The lowest BCUT2D eigenvalue weighted by molar-refractivity contribution is 0.890. The minimum Gasteiger partial charge on any atom is -0.0836 e. The maximum atomic E-state index is 3.71. The minimum atomic E-state index is 0.632. The lowest BCUT2D eigenvalue weighted by atomic mass is 10.4. The standard InChI is InChI=1S/C7H14BrS/c1-9(2)7-5-3-4-6(7)8/h6-7H,3-5H2,1-2H3/q+1. The number of hydrogen-bond donors (Lipinski definition) is 0. The van der Waals surface area contributed by atoms with Gasteiger partial charge in [0, 0.05) is 0 Å². The van der Waals surface area contributed by atoms with E-state index < -0.39 is 0 Å². The van der Waals surface area contributed by atoms with Gasteiger partial charge in [0.1, 0.15) is 5.25 Å². The van der Waals surface area contributed by atoms with Crippen LogP contribution < -0.4 is 0 Å². The van der Waals surface area contributed by atoms with Gasteiger partial charge in [-0.3, -0.25) is 0 Å². The van der Waals surface area contributed by atoms with Crippen LogP contribution in [0.25, 0.3) is 0 Å².